The fourth-order valence-corrected chi connectivity index (χ4v) is 7.22. The van der Waals surface area contributed by atoms with E-state index in [2.05, 4.69) is 41.4 Å². The highest BCUT2D eigenvalue weighted by Crippen LogP contribution is 2.36. The van der Waals surface area contributed by atoms with Crippen LogP contribution in [0.5, 0.6) is 11.5 Å². The lowest BCUT2D eigenvalue weighted by Crippen LogP contribution is -2.39. The van der Waals surface area contributed by atoms with Gasteiger partial charge in [-0.25, -0.2) is 9.79 Å². The van der Waals surface area contributed by atoms with Crippen molar-refractivity contribution in [1.29, 1.82) is 0 Å². The molecule has 0 aliphatic carbocycles. The molecule has 11 heteroatoms. The molecule has 0 fully saturated rings. The van der Waals surface area contributed by atoms with Gasteiger partial charge in [0, 0.05) is 0 Å². The van der Waals surface area contributed by atoms with E-state index in [-0.39, 0.29) is 18.8 Å². The number of allylic oxidation sites excluding steroid dienone is 1. The van der Waals surface area contributed by atoms with E-state index in [1.54, 1.807) is 43.7 Å². The van der Waals surface area contributed by atoms with Crippen LogP contribution in [-0.4, -0.2) is 24.3 Å². The highest BCUT2D eigenvalue weighted by molar-refractivity contribution is 14.1. The minimum Gasteiger partial charge on any atom is -0.493 e. The first-order valence-corrected chi connectivity index (χ1v) is 16.9. The van der Waals surface area contributed by atoms with E-state index in [0.717, 1.165) is 25.8 Å². The lowest BCUT2D eigenvalue weighted by Gasteiger charge is -2.25. The fourth-order valence-electron chi connectivity index (χ4n) is 5.07. The van der Waals surface area contributed by atoms with Gasteiger partial charge >= 0.3 is 5.97 Å². The fraction of sp³-hybridized carbons (Fsp3) is 0.265. The molecule has 7 nitrogen and oxygen atoms in total. The molecule has 3 aromatic carbocycles. The molecule has 1 atom stereocenters. The van der Waals surface area contributed by atoms with Gasteiger partial charge in [0.15, 0.2) is 16.3 Å². The highest BCUT2D eigenvalue weighted by atomic mass is 127. The number of thiazole rings is 1. The SMILES string of the molecule is CCOC(=O)C1=C(C)N=c2s/c(=C/c3cc(I)c(OCc4ccc(Cl)c(Cl)c4)c(OC)c3)c(=O)n2C1c1ccc(C(C)C)cc1. The van der Waals surface area contributed by atoms with Crippen LogP contribution in [0, 0.1) is 3.57 Å². The Kier molecular flexibility index (Phi) is 10.4. The number of hydrogen-bond acceptors (Lipinski definition) is 7. The van der Waals surface area contributed by atoms with Crippen LogP contribution in [0.15, 0.2) is 75.7 Å². The molecule has 0 spiro atoms. The molecule has 0 radical (unpaired) electrons. The molecular weight excluding hydrogens is 746 g/mol. The number of methoxy groups -OCH3 is 1. The number of esters is 1. The Morgan fingerprint density at radius 3 is 2.49 bits per heavy atom. The molecule has 45 heavy (non-hydrogen) atoms. The van der Waals surface area contributed by atoms with Crippen LogP contribution < -0.4 is 24.4 Å². The lowest BCUT2D eigenvalue weighted by molar-refractivity contribution is -0.139. The van der Waals surface area contributed by atoms with E-state index >= 15 is 0 Å². The van der Waals surface area contributed by atoms with Crippen molar-refractivity contribution in [3.05, 3.63) is 121 Å². The summed E-state index contributed by atoms with van der Waals surface area (Å²) in [5.74, 6) is 0.948. The van der Waals surface area contributed by atoms with Crippen molar-refractivity contribution in [2.24, 2.45) is 4.99 Å². The number of carbonyl (C=O) groups excluding carboxylic acids is 1. The number of benzene rings is 3. The van der Waals surface area contributed by atoms with Gasteiger partial charge < -0.3 is 14.2 Å². The Morgan fingerprint density at radius 1 is 1.11 bits per heavy atom. The largest absolute Gasteiger partial charge is 0.493 e. The van der Waals surface area contributed by atoms with E-state index < -0.39 is 12.0 Å². The molecule has 1 aliphatic heterocycles. The van der Waals surface area contributed by atoms with E-state index in [1.807, 2.05) is 42.5 Å². The van der Waals surface area contributed by atoms with Crippen LogP contribution in [0.3, 0.4) is 0 Å². The lowest BCUT2D eigenvalue weighted by atomic mass is 9.93. The van der Waals surface area contributed by atoms with Crippen LogP contribution in [0.1, 0.15) is 61.9 Å². The minimum absolute atomic E-state index is 0.215. The van der Waals surface area contributed by atoms with Crippen LogP contribution in [0.25, 0.3) is 6.08 Å². The van der Waals surface area contributed by atoms with Gasteiger partial charge in [0.2, 0.25) is 0 Å². The number of nitrogens with zero attached hydrogens (tertiary/aromatic N) is 2. The zero-order valence-corrected chi connectivity index (χ0v) is 29.8. The van der Waals surface area contributed by atoms with Crippen molar-refractivity contribution in [2.45, 2.75) is 46.3 Å². The topological polar surface area (TPSA) is 79.1 Å². The van der Waals surface area contributed by atoms with E-state index in [1.165, 1.54) is 11.3 Å². The second-order valence-electron chi connectivity index (χ2n) is 10.7. The van der Waals surface area contributed by atoms with E-state index in [9.17, 15) is 9.59 Å². The zero-order chi connectivity index (χ0) is 32.4. The molecule has 2 heterocycles. The molecule has 0 saturated carbocycles. The van der Waals surface area contributed by atoms with Gasteiger partial charge in [-0.3, -0.25) is 9.36 Å². The van der Waals surface area contributed by atoms with E-state index in [0.29, 0.717) is 48.1 Å². The molecular formula is C34H31Cl2IN2O5S. The van der Waals surface area contributed by atoms with Gasteiger partial charge in [-0.2, -0.15) is 0 Å². The maximum Gasteiger partial charge on any atom is 0.338 e. The number of carbonyl (C=O) groups is 1. The van der Waals surface area contributed by atoms with Crippen molar-refractivity contribution < 1.29 is 19.0 Å². The third-order valence-electron chi connectivity index (χ3n) is 7.35. The highest BCUT2D eigenvalue weighted by Gasteiger charge is 2.33. The average molecular weight is 778 g/mol. The Hall–Kier alpha value is -3.12. The molecule has 0 saturated heterocycles. The number of halogens is 3. The van der Waals surface area contributed by atoms with Gasteiger partial charge in [-0.1, -0.05) is 78.7 Å². The van der Waals surface area contributed by atoms with Gasteiger partial charge in [0.25, 0.3) is 5.56 Å². The summed E-state index contributed by atoms with van der Waals surface area (Å²) in [4.78, 5) is 32.5. The van der Waals surface area contributed by atoms with Crippen molar-refractivity contribution in [3.8, 4) is 11.5 Å². The first-order valence-electron chi connectivity index (χ1n) is 14.3. The Balaban J connectivity index is 1.56. The summed E-state index contributed by atoms with van der Waals surface area (Å²) in [5.41, 5.74) is 4.22. The smallest absolute Gasteiger partial charge is 0.338 e. The van der Waals surface area contributed by atoms with Gasteiger partial charge in [0.1, 0.15) is 6.61 Å². The first kappa shape index (κ1) is 33.2. The summed E-state index contributed by atoms with van der Waals surface area (Å²) in [5, 5.41) is 0.931. The number of fused-ring (bicyclic) bond motifs is 1. The Labute approximate surface area is 288 Å². The number of ether oxygens (including phenoxy) is 3. The van der Waals surface area contributed by atoms with Crippen LogP contribution in [-0.2, 0) is 16.1 Å². The Bertz CT molecular complexity index is 1980. The molecule has 0 N–H and O–H groups in total. The molecule has 5 rings (SSSR count). The third kappa shape index (κ3) is 7.01. The molecule has 4 aromatic rings. The van der Waals surface area contributed by atoms with Crippen LogP contribution in [0.4, 0.5) is 0 Å². The number of rotatable bonds is 9. The molecule has 1 aromatic heterocycles. The normalized spacial score (nSPS) is 14.8. The monoisotopic (exact) mass is 776 g/mol. The second kappa shape index (κ2) is 14.1. The zero-order valence-electron chi connectivity index (χ0n) is 25.3. The molecule has 1 aliphatic rings. The summed E-state index contributed by atoms with van der Waals surface area (Å²) >= 11 is 15.7. The maximum absolute atomic E-state index is 14.1. The third-order valence-corrected chi connectivity index (χ3v) is 9.88. The predicted octanol–water partition coefficient (Wildman–Crippen LogP) is 7.42. The van der Waals surface area contributed by atoms with Gasteiger partial charge in [-0.15, -0.1) is 0 Å². The average Bonchev–Trinajstić information content (AvgIpc) is 3.31. The maximum atomic E-state index is 14.1. The van der Waals surface area contributed by atoms with Crippen LogP contribution >= 0.6 is 57.1 Å². The molecule has 0 amide bonds. The number of aromatic nitrogens is 1. The molecule has 234 valence electrons. The summed E-state index contributed by atoms with van der Waals surface area (Å²) in [7, 11) is 1.57. The van der Waals surface area contributed by atoms with Crippen molar-refractivity contribution >= 4 is 69.2 Å². The Morgan fingerprint density at radius 2 is 1.84 bits per heavy atom. The predicted molar refractivity (Wildman–Crippen MR) is 187 cm³/mol. The van der Waals surface area contributed by atoms with Gasteiger partial charge in [-0.05, 0) is 95.0 Å². The summed E-state index contributed by atoms with van der Waals surface area (Å²) in [6.45, 7) is 8.26. The number of hydrogen-bond donors (Lipinski definition) is 0. The summed E-state index contributed by atoms with van der Waals surface area (Å²) < 4.78 is 20.1. The standard InChI is InChI=1S/C34H31Cl2IN2O5S/c1-6-43-33(41)29-19(4)38-34-39(30(29)23-10-8-22(9-11-23)18(2)3)32(40)28(45-34)16-21-14-26(37)31(27(15-21)42-5)44-17-20-7-12-24(35)25(36)13-20/h7-16,18,30H,6,17H2,1-5H3/b28-16+. The first-order chi connectivity index (χ1) is 21.5. The second-order valence-corrected chi connectivity index (χ2v) is 13.7. The van der Waals surface area contributed by atoms with Crippen molar-refractivity contribution in [2.75, 3.05) is 13.7 Å². The summed E-state index contributed by atoms with van der Waals surface area (Å²) in [6.07, 6.45) is 1.81. The van der Waals surface area contributed by atoms with Gasteiger partial charge in [0.05, 0.1) is 49.2 Å². The van der Waals surface area contributed by atoms with Crippen molar-refractivity contribution in [1.82, 2.24) is 4.57 Å². The van der Waals surface area contributed by atoms with Crippen LogP contribution in [0.2, 0.25) is 10.0 Å². The summed E-state index contributed by atoms with van der Waals surface area (Å²) in [6, 6.07) is 16.4. The molecule has 0 bridgehead atoms. The van der Waals surface area contributed by atoms with Crippen molar-refractivity contribution in [3.63, 3.8) is 0 Å². The molecule has 1 unspecified atom stereocenters. The quantitative estimate of drug-likeness (QED) is 0.131. The van der Waals surface area contributed by atoms with E-state index in [4.69, 9.17) is 37.4 Å². The minimum atomic E-state index is -0.671.